The summed E-state index contributed by atoms with van der Waals surface area (Å²) in [5, 5.41) is 7.85. The smallest absolute Gasteiger partial charge is 0.321 e. The van der Waals surface area contributed by atoms with E-state index in [-0.39, 0.29) is 23.9 Å². The molecule has 0 bridgehead atoms. The molecular weight excluding hydrogens is 266 g/mol. The van der Waals surface area contributed by atoms with Gasteiger partial charge in [0.25, 0.3) is 0 Å². The molecule has 0 spiro atoms. The van der Waals surface area contributed by atoms with Gasteiger partial charge in [0.15, 0.2) is 0 Å². The molecule has 0 aliphatic rings. The molecule has 0 saturated carbocycles. The van der Waals surface area contributed by atoms with Crippen LogP contribution in [-0.2, 0) is 10.2 Å². The SMILES string of the molecule is CCC(NCC(=O)NC(=O)NC)C(C)(C)c1ccccc1. The van der Waals surface area contributed by atoms with Crippen LogP contribution < -0.4 is 16.0 Å². The lowest BCUT2D eigenvalue weighted by molar-refractivity contribution is -0.119. The molecule has 1 aromatic carbocycles. The predicted octanol–water partition coefficient (Wildman–Crippen LogP) is 1.79. The molecule has 1 unspecified atom stereocenters. The first kappa shape index (κ1) is 17.2. The van der Waals surface area contributed by atoms with Crippen LogP contribution in [0.25, 0.3) is 0 Å². The molecule has 0 saturated heterocycles. The molecule has 1 aromatic rings. The number of rotatable bonds is 6. The van der Waals surface area contributed by atoms with Gasteiger partial charge in [-0.25, -0.2) is 4.79 Å². The van der Waals surface area contributed by atoms with Gasteiger partial charge in [0.05, 0.1) is 6.54 Å². The highest BCUT2D eigenvalue weighted by Gasteiger charge is 2.30. The number of imide groups is 1. The molecule has 1 rings (SSSR count). The fraction of sp³-hybridized carbons (Fsp3) is 0.500. The van der Waals surface area contributed by atoms with Crippen LogP contribution in [-0.4, -0.2) is 31.6 Å². The number of urea groups is 1. The largest absolute Gasteiger partial charge is 0.341 e. The summed E-state index contributed by atoms with van der Waals surface area (Å²) in [7, 11) is 1.48. The molecule has 116 valence electrons. The highest BCUT2D eigenvalue weighted by atomic mass is 16.2. The molecule has 0 radical (unpaired) electrons. The average Bonchev–Trinajstić information content (AvgIpc) is 2.48. The van der Waals surface area contributed by atoms with Crippen LogP contribution in [0, 0.1) is 0 Å². The van der Waals surface area contributed by atoms with Crippen LogP contribution in [0.1, 0.15) is 32.8 Å². The summed E-state index contributed by atoms with van der Waals surface area (Å²) in [6.07, 6.45) is 0.884. The maximum absolute atomic E-state index is 11.7. The van der Waals surface area contributed by atoms with Crippen molar-refractivity contribution < 1.29 is 9.59 Å². The lowest BCUT2D eigenvalue weighted by Gasteiger charge is -2.35. The van der Waals surface area contributed by atoms with Crippen molar-refractivity contribution in [2.45, 2.75) is 38.6 Å². The van der Waals surface area contributed by atoms with E-state index in [1.165, 1.54) is 12.6 Å². The second kappa shape index (κ2) is 7.78. The zero-order chi connectivity index (χ0) is 15.9. The number of carbonyl (C=O) groups excluding carboxylic acids is 2. The zero-order valence-corrected chi connectivity index (χ0v) is 13.2. The van der Waals surface area contributed by atoms with Gasteiger partial charge in [-0.15, -0.1) is 0 Å². The number of carbonyl (C=O) groups is 2. The van der Waals surface area contributed by atoms with Crippen molar-refractivity contribution in [3.8, 4) is 0 Å². The molecule has 0 aromatic heterocycles. The molecule has 5 heteroatoms. The van der Waals surface area contributed by atoms with Gasteiger partial charge in [-0.2, -0.15) is 0 Å². The summed E-state index contributed by atoms with van der Waals surface area (Å²) in [6, 6.07) is 9.85. The topological polar surface area (TPSA) is 70.2 Å². The highest BCUT2D eigenvalue weighted by Crippen LogP contribution is 2.28. The second-order valence-electron chi connectivity index (χ2n) is 5.56. The predicted molar refractivity (Wildman–Crippen MR) is 84.1 cm³/mol. The van der Waals surface area contributed by atoms with E-state index in [1.807, 2.05) is 18.2 Å². The Balaban J connectivity index is 2.66. The maximum Gasteiger partial charge on any atom is 0.321 e. The summed E-state index contributed by atoms with van der Waals surface area (Å²) in [5.74, 6) is -0.336. The molecular formula is C16H25N3O2. The minimum Gasteiger partial charge on any atom is -0.341 e. The Labute approximate surface area is 126 Å². The fourth-order valence-corrected chi connectivity index (χ4v) is 2.43. The second-order valence-corrected chi connectivity index (χ2v) is 5.56. The van der Waals surface area contributed by atoms with E-state index in [9.17, 15) is 9.59 Å². The van der Waals surface area contributed by atoms with Crippen LogP contribution in [0.3, 0.4) is 0 Å². The Morgan fingerprint density at radius 1 is 1.19 bits per heavy atom. The van der Waals surface area contributed by atoms with Crippen LogP contribution in [0.4, 0.5) is 4.79 Å². The quantitative estimate of drug-likeness (QED) is 0.748. The van der Waals surface area contributed by atoms with Crippen molar-refractivity contribution in [3.63, 3.8) is 0 Å². The number of amides is 3. The molecule has 21 heavy (non-hydrogen) atoms. The van der Waals surface area contributed by atoms with Gasteiger partial charge >= 0.3 is 6.03 Å². The van der Waals surface area contributed by atoms with Crippen molar-refractivity contribution in [1.82, 2.24) is 16.0 Å². The van der Waals surface area contributed by atoms with Crippen LogP contribution in [0.2, 0.25) is 0 Å². The number of nitrogens with one attached hydrogen (secondary N) is 3. The lowest BCUT2D eigenvalue weighted by atomic mass is 9.76. The Morgan fingerprint density at radius 2 is 1.81 bits per heavy atom. The van der Waals surface area contributed by atoms with Gasteiger partial charge in [0.1, 0.15) is 0 Å². The minimum atomic E-state index is -0.489. The van der Waals surface area contributed by atoms with Gasteiger partial charge in [-0.05, 0) is 12.0 Å². The summed E-state index contributed by atoms with van der Waals surface area (Å²) in [6.45, 7) is 6.50. The normalized spacial score (nSPS) is 12.6. The van der Waals surface area contributed by atoms with Crippen LogP contribution in [0.15, 0.2) is 30.3 Å². The van der Waals surface area contributed by atoms with E-state index in [4.69, 9.17) is 0 Å². The Hall–Kier alpha value is -1.88. The first-order valence-electron chi connectivity index (χ1n) is 7.22. The third-order valence-corrected chi connectivity index (χ3v) is 3.79. The Morgan fingerprint density at radius 3 is 2.33 bits per heavy atom. The van der Waals surface area contributed by atoms with E-state index < -0.39 is 6.03 Å². The molecule has 0 heterocycles. The maximum atomic E-state index is 11.7. The third kappa shape index (κ3) is 4.86. The van der Waals surface area contributed by atoms with Crippen molar-refractivity contribution >= 4 is 11.9 Å². The van der Waals surface area contributed by atoms with E-state index in [2.05, 4.69) is 48.9 Å². The van der Waals surface area contributed by atoms with Crippen molar-refractivity contribution in [1.29, 1.82) is 0 Å². The molecule has 0 fully saturated rings. The van der Waals surface area contributed by atoms with Gasteiger partial charge in [0.2, 0.25) is 5.91 Å². The zero-order valence-electron chi connectivity index (χ0n) is 13.2. The van der Waals surface area contributed by atoms with Crippen molar-refractivity contribution in [2.75, 3.05) is 13.6 Å². The van der Waals surface area contributed by atoms with Crippen molar-refractivity contribution in [3.05, 3.63) is 35.9 Å². The number of benzene rings is 1. The van der Waals surface area contributed by atoms with E-state index >= 15 is 0 Å². The number of hydrogen-bond acceptors (Lipinski definition) is 3. The standard InChI is InChI=1S/C16H25N3O2/c1-5-13(18-11-14(20)19-15(21)17-4)16(2,3)12-9-7-6-8-10-12/h6-10,13,18H,5,11H2,1-4H3,(H2,17,19,20,21). The summed E-state index contributed by atoms with van der Waals surface area (Å²) in [4.78, 5) is 22.7. The van der Waals surface area contributed by atoms with Gasteiger partial charge in [0, 0.05) is 18.5 Å². The summed E-state index contributed by atoms with van der Waals surface area (Å²) in [5.41, 5.74) is 1.11. The van der Waals surface area contributed by atoms with Crippen LogP contribution >= 0.6 is 0 Å². The summed E-state index contributed by atoms with van der Waals surface area (Å²) < 4.78 is 0. The fourth-order valence-electron chi connectivity index (χ4n) is 2.43. The molecule has 0 aliphatic heterocycles. The third-order valence-electron chi connectivity index (χ3n) is 3.79. The van der Waals surface area contributed by atoms with E-state index in [1.54, 1.807) is 0 Å². The monoisotopic (exact) mass is 291 g/mol. The molecule has 3 N–H and O–H groups in total. The Bertz CT molecular complexity index is 472. The van der Waals surface area contributed by atoms with Gasteiger partial charge < -0.3 is 10.6 Å². The van der Waals surface area contributed by atoms with Crippen molar-refractivity contribution in [2.24, 2.45) is 0 Å². The minimum absolute atomic E-state index is 0.108. The molecule has 0 aliphatic carbocycles. The lowest BCUT2D eigenvalue weighted by Crippen LogP contribution is -2.49. The van der Waals surface area contributed by atoms with Crippen LogP contribution in [0.5, 0.6) is 0 Å². The molecule has 3 amide bonds. The average molecular weight is 291 g/mol. The Kier molecular flexibility index (Phi) is 6.37. The summed E-state index contributed by atoms with van der Waals surface area (Å²) >= 11 is 0. The van der Waals surface area contributed by atoms with E-state index in [0.717, 1.165) is 6.42 Å². The molecule has 5 nitrogen and oxygen atoms in total. The van der Waals surface area contributed by atoms with E-state index in [0.29, 0.717) is 0 Å². The van der Waals surface area contributed by atoms with Gasteiger partial charge in [-0.3, -0.25) is 10.1 Å². The first-order chi connectivity index (χ1) is 9.91. The van der Waals surface area contributed by atoms with Gasteiger partial charge in [-0.1, -0.05) is 51.1 Å². The molecule has 1 atom stereocenters. The first-order valence-corrected chi connectivity index (χ1v) is 7.22. The highest BCUT2D eigenvalue weighted by molar-refractivity contribution is 5.95. The number of hydrogen-bond donors (Lipinski definition) is 3.